The topological polar surface area (TPSA) is 58.2 Å². The second kappa shape index (κ2) is 6.18. The summed E-state index contributed by atoms with van der Waals surface area (Å²) in [5.74, 6) is -0.657. The van der Waals surface area contributed by atoms with Crippen LogP contribution in [0, 0.1) is 12.3 Å². The molecule has 0 aliphatic rings. The van der Waals surface area contributed by atoms with Crippen molar-refractivity contribution in [3.63, 3.8) is 0 Å². The highest BCUT2D eigenvalue weighted by Crippen LogP contribution is 2.19. The number of rotatable bonds is 5. The Kier molecular flexibility index (Phi) is 4.87. The van der Waals surface area contributed by atoms with Gasteiger partial charge in [-0.1, -0.05) is 23.8 Å². The van der Waals surface area contributed by atoms with Gasteiger partial charge in [0, 0.05) is 12.2 Å². The van der Waals surface area contributed by atoms with Crippen molar-refractivity contribution in [2.45, 2.75) is 20.8 Å². The van der Waals surface area contributed by atoms with Crippen LogP contribution in [0.2, 0.25) is 0 Å². The second-order valence-electron chi connectivity index (χ2n) is 4.94. The van der Waals surface area contributed by atoms with E-state index in [0.29, 0.717) is 12.2 Å². The van der Waals surface area contributed by atoms with E-state index < -0.39 is 5.41 Å². The molecule has 1 aromatic carbocycles. The van der Waals surface area contributed by atoms with Gasteiger partial charge in [0.25, 0.3) is 0 Å². The predicted molar refractivity (Wildman–Crippen MR) is 76.8 cm³/mol. The Morgan fingerprint density at radius 3 is 2.32 bits per heavy atom. The summed E-state index contributed by atoms with van der Waals surface area (Å²) >= 11 is 0. The van der Waals surface area contributed by atoms with Crippen molar-refractivity contribution >= 4 is 17.5 Å². The van der Waals surface area contributed by atoms with Crippen LogP contribution in [-0.2, 0) is 9.59 Å². The summed E-state index contributed by atoms with van der Waals surface area (Å²) in [6.07, 6.45) is 1.58. The zero-order valence-electron chi connectivity index (χ0n) is 11.6. The van der Waals surface area contributed by atoms with E-state index in [9.17, 15) is 9.59 Å². The van der Waals surface area contributed by atoms with Crippen molar-refractivity contribution in [2.24, 2.45) is 5.41 Å². The molecule has 1 aromatic rings. The van der Waals surface area contributed by atoms with Gasteiger partial charge in [-0.25, -0.2) is 0 Å². The van der Waals surface area contributed by atoms with E-state index in [1.807, 2.05) is 31.2 Å². The van der Waals surface area contributed by atoms with E-state index in [1.165, 1.54) is 0 Å². The van der Waals surface area contributed by atoms with Crippen molar-refractivity contribution in [3.8, 4) is 0 Å². The Balaban J connectivity index is 2.72. The van der Waals surface area contributed by atoms with Gasteiger partial charge in [-0.3, -0.25) is 9.59 Å². The fraction of sp³-hybridized carbons (Fsp3) is 0.333. The number of benzene rings is 1. The van der Waals surface area contributed by atoms with Crippen LogP contribution in [0.25, 0.3) is 0 Å². The van der Waals surface area contributed by atoms with Crippen molar-refractivity contribution in [1.82, 2.24) is 5.32 Å². The fourth-order valence-corrected chi connectivity index (χ4v) is 1.41. The zero-order chi connectivity index (χ0) is 14.5. The maximum atomic E-state index is 12.1. The molecule has 0 unspecified atom stereocenters. The summed E-state index contributed by atoms with van der Waals surface area (Å²) in [4.78, 5) is 24.0. The first-order valence-electron chi connectivity index (χ1n) is 6.15. The Morgan fingerprint density at radius 1 is 1.21 bits per heavy atom. The molecule has 0 aliphatic carbocycles. The number of carbonyl (C=O) groups is 2. The van der Waals surface area contributed by atoms with Gasteiger partial charge >= 0.3 is 0 Å². The minimum Gasteiger partial charge on any atom is -0.352 e. The first-order valence-corrected chi connectivity index (χ1v) is 6.15. The summed E-state index contributed by atoms with van der Waals surface area (Å²) < 4.78 is 0. The van der Waals surface area contributed by atoms with Crippen molar-refractivity contribution in [3.05, 3.63) is 42.5 Å². The van der Waals surface area contributed by atoms with Gasteiger partial charge in [-0.15, -0.1) is 6.58 Å². The monoisotopic (exact) mass is 260 g/mol. The van der Waals surface area contributed by atoms with Crippen LogP contribution in [0.1, 0.15) is 19.4 Å². The van der Waals surface area contributed by atoms with Crippen LogP contribution in [0.15, 0.2) is 36.9 Å². The van der Waals surface area contributed by atoms with Crippen LogP contribution < -0.4 is 10.6 Å². The third-order valence-corrected chi connectivity index (χ3v) is 2.85. The molecule has 2 amide bonds. The summed E-state index contributed by atoms with van der Waals surface area (Å²) in [5, 5.41) is 5.37. The molecule has 0 radical (unpaired) electrons. The normalized spacial score (nSPS) is 10.7. The zero-order valence-corrected chi connectivity index (χ0v) is 11.6. The Morgan fingerprint density at radius 2 is 1.79 bits per heavy atom. The molecule has 0 fully saturated rings. The van der Waals surface area contributed by atoms with E-state index in [0.717, 1.165) is 5.56 Å². The van der Waals surface area contributed by atoms with Gasteiger partial charge in [-0.2, -0.15) is 0 Å². The summed E-state index contributed by atoms with van der Waals surface area (Å²) in [6, 6.07) is 7.43. The molecular formula is C15H20N2O2. The molecule has 0 spiro atoms. The third kappa shape index (κ3) is 3.95. The second-order valence-corrected chi connectivity index (χ2v) is 4.94. The predicted octanol–water partition coefficient (Wildman–Crippen LogP) is 2.26. The van der Waals surface area contributed by atoms with Crippen molar-refractivity contribution in [2.75, 3.05) is 11.9 Å². The molecule has 0 heterocycles. The minimum atomic E-state index is -1.13. The molecule has 0 atom stereocenters. The Hall–Kier alpha value is -2.10. The maximum Gasteiger partial charge on any atom is 0.239 e. The largest absolute Gasteiger partial charge is 0.352 e. The van der Waals surface area contributed by atoms with Gasteiger partial charge in [0.1, 0.15) is 5.41 Å². The highest BCUT2D eigenvalue weighted by molar-refractivity contribution is 6.09. The fourth-order valence-electron chi connectivity index (χ4n) is 1.41. The van der Waals surface area contributed by atoms with Crippen molar-refractivity contribution in [1.29, 1.82) is 0 Å². The molecule has 0 bridgehead atoms. The molecule has 4 heteroatoms. The average molecular weight is 260 g/mol. The van der Waals surface area contributed by atoms with Gasteiger partial charge in [0.15, 0.2) is 0 Å². The summed E-state index contributed by atoms with van der Waals surface area (Å²) in [5.41, 5.74) is 0.662. The molecule has 0 saturated carbocycles. The molecule has 1 rings (SSSR count). The third-order valence-electron chi connectivity index (χ3n) is 2.85. The Labute approximate surface area is 113 Å². The summed E-state index contributed by atoms with van der Waals surface area (Å²) in [7, 11) is 0. The van der Waals surface area contributed by atoms with Crippen LogP contribution in [-0.4, -0.2) is 18.4 Å². The molecule has 4 nitrogen and oxygen atoms in total. The quantitative estimate of drug-likeness (QED) is 0.630. The smallest absolute Gasteiger partial charge is 0.239 e. The number of hydrogen-bond donors (Lipinski definition) is 2. The van der Waals surface area contributed by atoms with Gasteiger partial charge in [0.2, 0.25) is 11.8 Å². The SMILES string of the molecule is C=CCNC(=O)C(C)(C)C(=O)Nc1ccc(C)cc1. The van der Waals surface area contributed by atoms with Crippen LogP contribution in [0.3, 0.4) is 0 Å². The minimum absolute atomic E-state index is 0.322. The molecule has 0 aromatic heterocycles. The highest BCUT2D eigenvalue weighted by atomic mass is 16.2. The van der Waals surface area contributed by atoms with E-state index in [1.54, 1.807) is 19.9 Å². The van der Waals surface area contributed by atoms with Crippen molar-refractivity contribution < 1.29 is 9.59 Å². The molecule has 2 N–H and O–H groups in total. The standard InChI is InChI=1S/C15H20N2O2/c1-5-10-16-13(18)15(3,4)14(19)17-12-8-6-11(2)7-9-12/h5-9H,1,10H2,2-4H3,(H,16,18)(H,17,19). The number of amides is 2. The number of anilines is 1. The van der Waals surface area contributed by atoms with Gasteiger partial charge in [-0.05, 0) is 32.9 Å². The van der Waals surface area contributed by atoms with E-state index in [-0.39, 0.29) is 11.8 Å². The maximum absolute atomic E-state index is 12.1. The Bertz CT molecular complexity index is 475. The lowest BCUT2D eigenvalue weighted by molar-refractivity contribution is -0.138. The van der Waals surface area contributed by atoms with Crippen LogP contribution >= 0.6 is 0 Å². The van der Waals surface area contributed by atoms with E-state index in [4.69, 9.17) is 0 Å². The number of carbonyl (C=O) groups excluding carboxylic acids is 2. The highest BCUT2D eigenvalue weighted by Gasteiger charge is 2.35. The van der Waals surface area contributed by atoms with Crippen LogP contribution in [0.5, 0.6) is 0 Å². The molecule has 102 valence electrons. The molecular weight excluding hydrogens is 240 g/mol. The van der Waals surface area contributed by atoms with Gasteiger partial charge in [0.05, 0.1) is 0 Å². The first kappa shape index (κ1) is 15.0. The number of hydrogen-bond acceptors (Lipinski definition) is 2. The summed E-state index contributed by atoms with van der Waals surface area (Å²) in [6.45, 7) is 9.02. The van der Waals surface area contributed by atoms with Gasteiger partial charge < -0.3 is 10.6 Å². The number of nitrogens with one attached hydrogen (secondary N) is 2. The average Bonchev–Trinajstić information content (AvgIpc) is 2.38. The lowest BCUT2D eigenvalue weighted by atomic mass is 9.91. The van der Waals surface area contributed by atoms with E-state index in [2.05, 4.69) is 17.2 Å². The molecule has 0 aliphatic heterocycles. The molecule has 19 heavy (non-hydrogen) atoms. The first-order chi connectivity index (χ1) is 8.87. The lowest BCUT2D eigenvalue weighted by Gasteiger charge is -2.22. The molecule has 0 saturated heterocycles. The lowest BCUT2D eigenvalue weighted by Crippen LogP contribution is -2.45. The number of aryl methyl sites for hydroxylation is 1. The van der Waals surface area contributed by atoms with E-state index >= 15 is 0 Å². The van der Waals surface area contributed by atoms with Crippen LogP contribution in [0.4, 0.5) is 5.69 Å².